The lowest BCUT2D eigenvalue weighted by Crippen LogP contribution is -2.41. The molecule has 0 bridgehead atoms. The van der Waals surface area contributed by atoms with Gasteiger partial charge in [0.15, 0.2) is 0 Å². The molecule has 3 rings (SSSR count). The SMILES string of the molecule is COc1ccc(S(=O)(=O)N2CCC(Oc3ncccn3)CC2)cc1C. The van der Waals surface area contributed by atoms with Crippen molar-refractivity contribution in [2.75, 3.05) is 20.2 Å². The van der Waals surface area contributed by atoms with Crippen LogP contribution >= 0.6 is 0 Å². The number of piperidine rings is 1. The predicted molar refractivity (Wildman–Crippen MR) is 92.2 cm³/mol. The van der Waals surface area contributed by atoms with Crippen molar-refractivity contribution in [2.45, 2.75) is 30.8 Å². The van der Waals surface area contributed by atoms with Gasteiger partial charge in [-0.1, -0.05) is 0 Å². The molecule has 1 aromatic carbocycles. The Morgan fingerprint density at radius 2 is 1.84 bits per heavy atom. The largest absolute Gasteiger partial charge is 0.496 e. The van der Waals surface area contributed by atoms with E-state index in [2.05, 4.69) is 9.97 Å². The van der Waals surface area contributed by atoms with E-state index in [1.807, 2.05) is 6.92 Å². The van der Waals surface area contributed by atoms with Gasteiger partial charge in [-0.25, -0.2) is 18.4 Å². The Hall–Kier alpha value is -2.19. The van der Waals surface area contributed by atoms with Crippen LogP contribution in [-0.2, 0) is 10.0 Å². The molecule has 1 saturated heterocycles. The van der Waals surface area contributed by atoms with Crippen LogP contribution in [0.15, 0.2) is 41.6 Å². The summed E-state index contributed by atoms with van der Waals surface area (Å²) in [5.41, 5.74) is 0.794. The highest BCUT2D eigenvalue weighted by Crippen LogP contribution is 2.26. The molecule has 0 radical (unpaired) electrons. The van der Waals surface area contributed by atoms with Gasteiger partial charge in [-0.05, 0) is 49.6 Å². The van der Waals surface area contributed by atoms with Crippen LogP contribution in [0.4, 0.5) is 0 Å². The zero-order chi connectivity index (χ0) is 17.9. The van der Waals surface area contributed by atoms with Crippen LogP contribution in [0.3, 0.4) is 0 Å². The van der Waals surface area contributed by atoms with Crippen molar-refractivity contribution < 1.29 is 17.9 Å². The predicted octanol–water partition coefficient (Wildman–Crippen LogP) is 2.03. The fraction of sp³-hybridized carbons (Fsp3) is 0.412. The van der Waals surface area contributed by atoms with Gasteiger partial charge < -0.3 is 9.47 Å². The standard InChI is InChI=1S/C17H21N3O4S/c1-13-12-15(4-5-16(13)23-2)25(21,22)20-10-6-14(7-11-20)24-17-18-8-3-9-19-17/h3-5,8-9,12,14H,6-7,10-11H2,1-2H3. The van der Waals surface area contributed by atoms with Crippen LogP contribution in [0.1, 0.15) is 18.4 Å². The number of aryl methyl sites for hydroxylation is 1. The maximum Gasteiger partial charge on any atom is 0.316 e. The summed E-state index contributed by atoms with van der Waals surface area (Å²) in [5, 5.41) is 0. The Labute approximate surface area is 147 Å². The second-order valence-electron chi connectivity index (χ2n) is 5.88. The van der Waals surface area contributed by atoms with Gasteiger partial charge in [0.25, 0.3) is 0 Å². The van der Waals surface area contributed by atoms with Crippen molar-refractivity contribution in [3.63, 3.8) is 0 Å². The highest BCUT2D eigenvalue weighted by atomic mass is 32.2. The molecule has 0 spiro atoms. The highest BCUT2D eigenvalue weighted by molar-refractivity contribution is 7.89. The number of benzene rings is 1. The lowest BCUT2D eigenvalue weighted by atomic mass is 10.1. The van der Waals surface area contributed by atoms with E-state index >= 15 is 0 Å². The number of ether oxygens (including phenoxy) is 2. The zero-order valence-electron chi connectivity index (χ0n) is 14.3. The molecule has 8 heteroatoms. The van der Waals surface area contributed by atoms with E-state index in [-0.39, 0.29) is 11.0 Å². The molecule has 7 nitrogen and oxygen atoms in total. The molecule has 1 aromatic heterocycles. The maximum atomic E-state index is 12.8. The fourth-order valence-corrected chi connectivity index (χ4v) is 4.40. The van der Waals surface area contributed by atoms with E-state index < -0.39 is 10.0 Å². The molecule has 0 unspecified atom stereocenters. The Bertz CT molecular complexity index is 819. The van der Waals surface area contributed by atoms with Crippen LogP contribution in [0.25, 0.3) is 0 Å². The summed E-state index contributed by atoms with van der Waals surface area (Å²) >= 11 is 0. The van der Waals surface area contributed by atoms with Crippen LogP contribution in [0.2, 0.25) is 0 Å². The molecular weight excluding hydrogens is 342 g/mol. The fourth-order valence-electron chi connectivity index (χ4n) is 2.85. The monoisotopic (exact) mass is 363 g/mol. The summed E-state index contributed by atoms with van der Waals surface area (Å²) in [6.07, 6.45) is 4.37. The number of rotatable bonds is 5. The van der Waals surface area contributed by atoms with Crippen molar-refractivity contribution in [2.24, 2.45) is 0 Å². The third-order valence-corrected chi connectivity index (χ3v) is 6.11. The van der Waals surface area contributed by atoms with Crippen molar-refractivity contribution >= 4 is 10.0 Å². The first-order chi connectivity index (χ1) is 12.0. The lowest BCUT2D eigenvalue weighted by Gasteiger charge is -2.31. The van der Waals surface area contributed by atoms with E-state index in [9.17, 15) is 8.42 Å². The number of nitrogens with zero attached hydrogens (tertiary/aromatic N) is 3. The number of hydrogen-bond acceptors (Lipinski definition) is 6. The molecule has 2 aromatic rings. The molecule has 1 fully saturated rings. The van der Waals surface area contributed by atoms with E-state index in [4.69, 9.17) is 9.47 Å². The normalized spacial score (nSPS) is 16.6. The molecule has 0 atom stereocenters. The molecule has 0 amide bonds. The summed E-state index contributed by atoms with van der Waals surface area (Å²) in [5.74, 6) is 0.675. The van der Waals surface area contributed by atoms with Crippen molar-refractivity contribution in [1.82, 2.24) is 14.3 Å². The second kappa shape index (κ2) is 7.37. The summed E-state index contributed by atoms with van der Waals surface area (Å²) in [4.78, 5) is 8.36. The third-order valence-electron chi connectivity index (χ3n) is 4.22. The first-order valence-corrected chi connectivity index (χ1v) is 9.53. The molecular formula is C17H21N3O4S. The van der Waals surface area contributed by atoms with Crippen LogP contribution in [0.5, 0.6) is 11.8 Å². The van der Waals surface area contributed by atoms with Crippen LogP contribution < -0.4 is 9.47 Å². The van der Waals surface area contributed by atoms with Crippen molar-refractivity contribution in [3.8, 4) is 11.8 Å². The minimum Gasteiger partial charge on any atom is -0.496 e. The molecule has 2 heterocycles. The third kappa shape index (κ3) is 3.91. The Kier molecular flexibility index (Phi) is 5.19. The van der Waals surface area contributed by atoms with E-state index in [1.54, 1.807) is 43.8 Å². The summed E-state index contributed by atoms with van der Waals surface area (Å²) in [7, 11) is -1.95. The second-order valence-corrected chi connectivity index (χ2v) is 7.82. The van der Waals surface area contributed by atoms with Gasteiger partial charge in [0.2, 0.25) is 10.0 Å². The van der Waals surface area contributed by atoms with E-state index in [0.717, 1.165) is 5.56 Å². The highest BCUT2D eigenvalue weighted by Gasteiger charge is 2.30. The molecule has 0 N–H and O–H groups in total. The Morgan fingerprint density at radius 3 is 2.44 bits per heavy atom. The first-order valence-electron chi connectivity index (χ1n) is 8.09. The number of hydrogen-bond donors (Lipinski definition) is 0. The molecule has 0 saturated carbocycles. The van der Waals surface area contributed by atoms with Gasteiger partial charge in [-0.3, -0.25) is 0 Å². The summed E-state index contributed by atoms with van der Waals surface area (Å²) < 4.78 is 38.1. The Balaban J connectivity index is 1.66. The van der Waals surface area contributed by atoms with Gasteiger partial charge in [-0.2, -0.15) is 4.31 Å². The van der Waals surface area contributed by atoms with Gasteiger partial charge in [-0.15, -0.1) is 0 Å². The van der Waals surface area contributed by atoms with E-state index in [1.165, 1.54) is 4.31 Å². The van der Waals surface area contributed by atoms with Gasteiger partial charge in [0.05, 0.1) is 12.0 Å². The summed E-state index contributed by atoms with van der Waals surface area (Å²) in [6, 6.07) is 6.97. The van der Waals surface area contributed by atoms with Gasteiger partial charge in [0, 0.05) is 25.5 Å². The van der Waals surface area contributed by atoms with Gasteiger partial charge >= 0.3 is 6.01 Å². The lowest BCUT2D eigenvalue weighted by molar-refractivity contribution is 0.124. The number of aromatic nitrogens is 2. The molecule has 1 aliphatic rings. The molecule has 0 aliphatic carbocycles. The average Bonchev–Trinajstić information content (AvgIpc) is 2.63. The smallest absolute Gasteiger partial charge is 0.316 e. The number of sulfonamides is 1. The first kappa shape index (κ1) is 17.6. The molecule has 25 heavy (non-hydrogen) atoms. The zero-order valence-corrected chi connectivity index (χ0v) is 15.1. The number of methoxy groups -OCH3 is 1. The van der Waals surface area contributed by atoms with Crippen molar-refractivity contribution in [3.05, 3.63) is 42.2 Å². The topological polar surface area (TPSA) is 81.6 Å². The van der Waals surface area contributed by atoms with Crippen molar-refractivity contribution in [1.29, 1.82) is 0 Å². The molecule has 1 aliphatic heterocycles. The quantitative estimate of drug-likeness (QED) is 0.808. The summed E-state index contributed by atoms with van der Waals surface area (Å²) in [6.45, 7) is 2.65. The average molecular weight is 363 g/mol. The maximum absolute atomic E-state index is 12.8. The minimum atomic E-state index is -3.51. The van der Waals surface area contributed by atoms with Gasteiger partial charge in [0.1, 0.15) is 11.9 Å². The van der Waals surface area contributed by atoms with E-state index in [0.29, 0.717) is 37.7 Å². The minimum absolute atomic E-state index is 0.0774. The molecule has 134 valence electrons. The van der Waals surface area contributed by atoms with Crippen LogP contribution in [0, 0.1) is 6.92 Å². The Morgan fingerprint density at radius 1 is 1.16 bits per heavy atom. The van der Waals surface area contributed by atoms with Crippen LogP contribution in [-0.4, -0.2) is 49.0 Å².